The van der Waals surface area contributed by atoms with E-state index in [2.05, 4.69) is 63.7 Å². The van der Waals surface area contributed by atoms with Crippen LogP contribution in [0.4, 0.5) is 0 Å². The Balaban J connectivity index is -0.0000000609. The molecule has 0 amide bonds. The van der Waals surface area contributed by atoms with E-state index >= 15 is 0 Å². The second-order valence-corrected chi connectivity index (χ2v) is 7.58. The summed E-state index contributed by atoms with van der Waals surface area (Å²) in [5, 5.41) is 8.57. The number of hydrogen-bond acceptors (Lipinski definition) is 1. The van der Waals surface area contributed by atoms with E-state index in [1.165, 1.54) is 0 Å². The van der Waals surface area contributed by atoms with Gasteiger partial charge in [0.2, 0.25) is 0 Å². The van der Waals surface area contributed by atoms with Gasteiger partial charge in [-0.15, -0.1) is 11.1 Å². The molecule has 0 fully saturated rings. The average molecular weight is 349 g/mol. The van der Waals surface area contributed by atoms with Crippen molar-refractivity contribution in [1.29, 1.82) is 0 Å². The van der Waals surface area contributed by atoms with Crippen LogP contribution in [0.25, 0.3) is 10.6 Å². The van der Waals surface area contributed by atoms with Crippen molar-refractivity contribution < 1.29 is 90.1 Å². The van der Waals surface area contributed by atoms with Crippen LogP contribution in [0.1, 0.15) is 63.7 Å². The van der Waals surface area contributed by atoms with Gasteiger partial charge < -0.3 is 12.1 Å². The Kier molecular flexibility index (Phi) is 26.7. The fourth-order valence-electron chi connectivity index (χ4n) is 0.790. The van der Waals surface area contributed by atoms with Crippen molar-refractivity contribution in [1.82, 2.24) is 0 Å². The summed E-state index contributed by atoms with van der Waals surface area (Å²) in [7, 11) is 0. The molecule has 0 radical (unpaired) electrons. The van der Waals surface area contributed by atoms with Crippen molar-refractivity contribution in [2.75, 3.05) is 0 Å². The van der Waals surface area contributed by atoms with Crippen molar-refractivity contribution in [3.05, 3.63) is 35.7 Å². The van der Waals surface area contributed by atoms with Crippen LogP contribution < -0.4 is 88.7 Å². The van der Waals surface area contributed by atoms with Crippen molar-refractivity contribution >= 4 is 6.21 Å². The minimum atomic E-state index is 0. The van der Waals surface area contributed by atoms with Gasteiger partial charge >= 0.3 is 88.7 Å². The van der Waals surface area contributed by atoms with Crippen molar-refractivity contribution in [3.63, 3.8) is 0 Å². The van der Waals surface area contributed by atoms with Gasteiger partial charge in [0.05, 0.1) is 5.54 Å². The number of aliphatic imine (C=N–C) groups is 1. The normalized spacial score (nSPS) is 11.3. The minimum absolute atomic E-state index is 0. The summed E-state index contributed by atoms with van der Waals surface area (Å²) >= 11 is 0. The van der Waals surface area contributed by atoms with E-state index in [-0.39, 0.29) is 107 Å². The molecule has 120 valence electrons. The van der Waals surface area contributed by atoms with Gasteiger partial charge in [-0.2, -0.15) is 0 Å². The Bertz CT molecular complexity index is 307. The van der Waals surface area contributed by atoms with Crippen LogP contribution in [0, 0.1) is 0 Å². The third-order valence-electron chi connectivity index (χ3n) is 1.56. The second-order valence-electron chi connectivity index (χ2n) is 7.58. The van der Waals surface area contributed by atoms with E-state index in [0.717, 1.165) is 0 Å². The molecule has 0 rings (SSSR count). The van der Waals surface area contributed by atoms with Crippen LogP contribution in [0.5, 0.6) is 0 Å². The molecule has 0 aromatic carbocycles. The quantitative estimate of drug-likeness (QED) is 0.384. The summed E-state index contributed by atoms with van der Waals surface area (Å²) in [5.41, 5.74) is 0.0575. The molecular formula is C17H34N3Na3. The molecule has 0 N–H and O–H groups in total. The van der Waals surface area contributed by atoms with Gasteiger partial charge in [-0.1, -0.05) is 54.2 Å². The van der Waals surface area contributed by atoms with E-state index in [1.807, 2.05) is 20.8 Å². The van der Waals surface area contributed by atoms with Gasteiger partial charge in [0, 0.05) is 6.21 Å². The first-order valence-corrected chi connectivity index (χ1v) is 7.02. The number of nitrogens with zero attached hydrogens (tertiary/aromatic N) is 3. The Morgan fingerprint density at radius 2 is 1.04 bits per heavy atom. The van der Waals surface area contributed by atoms with Crippen LogP contribution in [-0.2, 0) is 0 Å². The van der Waals surface area contributed by atoms with Crippen LogP contribution >= 0.6 is 0 Å². The maximum absolute atomic E-state index is 4.29. The first kappa shape index (κ1) is 35.8. The molecule has 6 heteroatoms. The average Bonchev–Trinajstić information content (AvgIpc) is 2.19. The predicted molar refractivity (Wildman–Crippen MR) is 94.9 cm³/mol. The fraction of sp³-hybridized carbons (Fsp3) is 0.706. The summed E-state index contributed by atoms with van der Waals surface area (Å²) in [4.78, 5) is 4.13. The van der Waals surface area contributed by atoms with Crippen molar-refractivity contribution in [2.45, 2.75) is 78.9 Å². The van der Waals surface area contributed by atoms with Gasteiger partial charge in [0.25, 0.3) is 0 Å². The van der Waals surface area contributed by atoms with E-state index in [1.54, 1.807) is 24.7 Å². The summed E-state index contributed by atoms with van der Waals surface area (Å²) in [6.07, 6.45) is 6.95. The van der Waals surface area contributed by atoms with Crippen molar-refractivity contribution in [2.24, 2.45) is 4.99 Å². The largest absolute Gasteiger partial charge is 1.00 e. The Morgan fingerprint density at radius 3 is 1.17 bits per heavy atom. The molecule has 0 aliphatic heterocycles. The van der Waals surface area contributed by atoms with Crippen LogP contribution in [0.2, 0.25) is 0 Å². The molecule has 0 aliphatic rings. The summed E-state index contributed by atoms with van der Waals surface area (Å²) in [6, 6.07) is 0. The molecule has 0 heterocycles. The molecule has 0 aromatic rings. The monoisotopic (exact) mass is 349 g/mol. The number of allylic oxidation sites excluding steroid dienone is 1. The fourth-order valence-corrected chi connectivity index (χ4v) is 0.790. The topological polar surface area (TPSA) is 40.6 Å². The van der Waals surface area contributed by atoms with Gasteiger partial charge in [-0.05, 0) is 20.8 Å². The van der Waals surface area contributed by atoms with E-state index in [9.17, 15) is 0 Å². The van der Waals surface area contributed by atoms with Crippen LogP contribution in [0.3, 0.4) is 0 Å². The zero-order chi connectivity index (χ0) is 16.4. The maximum atomic E-state index is 4.29. The minimum Gasteiger partial charge on any atom is -1.00 e. The molecule has 3 nitrogen and oxygen atoms in total. The van der Waals surface area contributed by atoms with Crippen molar-refractivity contribution in [3.8, 4) is 0 Å². The van der Waals surface area contributed by atoms with E-state index < -0.39 is 0 Å². The first-order chi connectivity index (χ1) is 8.77. The third kappa shape index (κ3) is 45.3. The number of hydrogen-bond donors (Lipinski definition) is 0. The third-order valence-corrected chi connectivity index (χ3v) is 1.56. The molecule has 0 unspecified atom stereocenters. The second kappa shape index (κ2) is 17.2. The SMILES string of the molecule is C=CC=NC(C)(C)C.CC(C)(C)[N-]/C=C\[N-]C(C)(C)C.[H-].[Na+].[Na+].[Na+]. The maximum Gasteiger partial charge on any atom is 1.00 e. The Hall–Kier alpha value is 1.75. The van der Waals surface area contributed by atoms with Gasteiger partial charge in [0.15, 0.2) is 0 Å². The van der Waals surface area contributed by atoms with Gasteiger partial charge in [-0.3, -0.25) is 4.99 Å². The standard InChI is InChI=1S/C10H20N2.C7H13N.3Na.H/c1-9(2,3)11-7-8-12-10(4,5)6;1-5-6-8-7(2,3)4;;;;/h7-8H,1-6H3;5-6H,1H2,2-4H3;;;;/q-2;;3*+1;-1/b8-7-;;;;;. The molecule has 0 saturated carbocycles. The van der Waals surface area contributed by atoms with E-state index in [0.29, 0.717) is 0 Å². The number of rotatable bonds is 3. The zero-order valence-corrected chi connectivity index (χ0v) is 23.9. The molecule has 0 bridgehead atoms. The van der Waals surface area contributed by atoms with Gasteiger partial charge in [0.1, 0.15) is 0 Å². The first-order valence-electron chi connectivity index (χ1n) is 7.02. The summed E-state index contributed by atoms with van der Waals surface area (Å²) in [6.45, 7) is 22.0. The van der Waals surface area contributed by atoms with Gasteiger partial charge in [-0.25, -0.2) is 12.4 Å². The Labute approximate surface area is 213 Å². The molecule has 0 aromatic heterocycles. The molecule has 0 atom stereocenters. The summed E-state index contributed by atoms with van der Waals surface area (Å²) in [5.74, 6) is 0. The van der Waals surface area contributed by atoms with Crippen LogP contribution in [0.15, 0.2) is 30.0 Å². The molecule has 23 heavy (non-hydrogen) atoms. The molecule has 0 saturated heterocycles. The summed E-state index contributed by atoms with van der Waals surface area (Å²) < 4.78 is 0. The Morgan fingerprint density at radius 1 is 0.739 bits per heavy atom. The molecular weight excluding hydrogens is 315 g/mol. The van der Waals surface area contributed by atoms with Crippen LogP contribution in [-0.4, -0.2) is 22.8 Å². The smallest absolute Gasteiger partial charge is 1.00 e. The van der Waals surface area contributed by atoms with E-state index in [4.69, 9.17) is 0 Å². The zero-order valence-electron chi connectivity index (χ0n) is 18.9. The molecule has 0 spiro atoms. The molecule has 0 aliphatic carbocycles. The predicted octanol–water partition coefficient (Wildman–Crippen LogP) is -3.03.